The van der Waals surface area contributed by atoms with Crippen LogP contribution in [0.2, 0.25) is 0 Å². The predicted octanol–water partition coefficient (Wildman–Crippen LogP) is 0.918. The summed E-state index contributed by atoms with van der Waals surface area (Å²) in [4.78, 5) is 38.4. The second kappa shape index (κ2) is 9.79. The summed E-state index contributed by atoms with van der Waals surface area (Å²) in [5, 5.41) is 12.8. The van der Waals surface area contributed by atoms with Gasteiger partial charge in [-0.05, 0) is 23.3 Å². The molecular weight excluding hydrogens is 471 g/mol. The summed E-state index contributed by atoms with van der Waals surface area (Å²) in [5.74, 6) is -3.11. The molecule has 1 aliphatic heterocycles. The third-order valence-corrected chi connectivity index (χ3v) is 6.55. The highest BCUT2D eigenvalue weighted by molar-refractivity contribution is 7.07. The predicted molar refractivity (Wildman–Crippen MR) is 128 cm³/mol. The van der Waals surface area contributed by atoms with Gasteiger partial charge in [-0.1, -0.05) is 42.5 Å². The number of amides is 1. The van der Waals surface area contributed by atoms with Crippen LogP contribution in [-0.2, 0) is 20.9 Å². The SMILES string of the molecule is COC(=O)C=c1sc2n(c1=O)C(N)=C(C#N)C(c1cccc(F)c1)C=2C(=O)NCc1ccccc1. The molecule has 1 aliphatic rings. The number of carbonyl (C=O) groups is 2. The lowest BCUT2D eigenvalue weighted by molar-refractivity contribution is -0.133. The van der Waals surface area contributed by atoms with E-state index in [2.05, 4.69) is 10.1 Å². The maximum Gasteiger partial charge on any atom is 0.332 e. The largest absolute Gasteiger partial charge is 0.466 e. The van der Waals surface area contributed by atoms with Gasteiger partial charge in [-0.3, -0.25) is 14.2 Å². The highest BCUT2D eigenvalue weighted by Gasteiger charge is 2.35. The van der Waals surface area contributed by atoms with E-state index in [4.69, 9.17) is 5.73 Å². The van der Waals surface area contributed by atoms with E-state index in [0.29, 0.717) is 5.56 Å². The minimum absolute atomic E-state index is 0.0275. The number of allylic oxidation sites excluding steroid dienone is 1. The molecule has 0 radical (unpaired) electrons. The first-order valence-corrected chi connectivity index (χ1v) is 11.2. The molecule has 0 spiro atoms. The van der Waals surface area contributed by atoms with Gasteiger partial charge < -0.3 is 15.8 Å². The Balaban J connectivity index is 1.99. The second-order valence-electron chi connectivity index (χ2n) is 7.56. The van der Waals surface area contributed by atoms with Gasteiger partial charge in [-0.15, -0.1) is 11.3 Å². The van der Waals surface area contributed by atoms with Crippen LogP contribution in [0.5, 0.6) is 0 Å². The maximum absolute atomic E-state index is 14.1. The molecular formula is C25H19FN4O4S. The van der Waals surface area contributed by atoms with Gasteiger partial charge in [0.25, 0.3) is 11.5 Å². The summed E-state index contributed by atoms with van der Waals surface area (Å²) >= 11 is 0.862. The highest BCUT2D eigenvalue weighted by atomic mass is 32.1. The Hall–Kier alpha value is -4.49. The minimum atomic E-state index is -1.03. The number of hydrogen-bond donors (Lipinski definition) is 2. The molecule has 8 nitrogen and oxygen atoms in total. The monoisotopic (exact) mass is 490 g/mol. The van der Waals surface area contributed by atoms with Crippen molar-refractivity contribution in [2.75, 3.05) is 7.11 Å². The van der Waals surface area contributed by atoms with Crippen molar-refractivity contribution >= 4 is 40.7 Å². The summed E-state index contributed by atoms with van der Waals surface area (Å²) in [7, 11) is 1.17. The molecule has 1 amide bonds. The van der Waals surface area contributed by atoms with Crippen LogP contribution in [0.15, 0.2) is 65.0 Å². The number of methoxy groups -OCH3 is 1. The number of rotatable bonds is 5. The fraction of sp³-hybridized carbons (Fsp3) is 0.120. The topological polar surface area (TPSA) is 127 Å². The van der Waals surface area contributed by atoms with Crippen molar-refractivity contribution in [3.8, 4) is 6.07 Å². The quantitative estimate of drug-likeness (QED) is 0.512. The van der Waals surface area contributed by atoms with Gasteiger partial charge in [0.15, 0.2) is 0 Å². The molecule has 0 saturated carbocycles. The number of nitriles is 1. The molecule has 0 bridgehead atoms. The normalized spacial score (nSPS) is 15.4. The highest BCUT2D eigenvalue weighted by Crippen LogP contribution is 2.36. The number of ether oxygens (including phenoxy) is 1. The van der Waals surface area contributed by atoms with Gasteiger partial charge in [-0.2, -0.15) is 5.26 Å². The Bertz CT molecular complexity index is 1580. The van der Waals surface area contributed by atoms with E-state index in [1.165, 1.54) is 25.3 Å². The number of fused-ring (bicyclic) bond motifs is 1. The van der Waals surface area contributed by atoms with Crippen molar-refractivity contribution in [1.82, 2.24) is 9.88 Å². The van der Waals surface area contributed by atoms with Crippen molar-refractivity contribution in [2.45, 2.75) is 12.5 Å². The van der Waals surface area contributed by atoms with Crippen LogP contribution in [0, 0.1) is 17.1 Å². The number of esters is 1. The van der Waals surface area contributed by atoms with Gasteiger partial charge in [-0.25, -0.2) is 9.18 Å². The van der Waals surface area contributed by atoms with E-state index in [1.807, 2.05) is 36.4 Å². The average molecular weight is 491 g/mol. The molecule has 1 aromatic heterocycles. The fourth-order valence-electron chi connectivity index (χ4n) is 3.83. The molecule has 2 aromatic carbocycles. The lowest BCUT2D eigenvalue weighted by Crippen LogP contribution is -2.42. The first-order chi connectivity index (χ1) is 16.8. The van der Waals surface area contributed by atoms with Gasteiger partial charge in [0.2, 0.25) is 0 Å². The summed E-state index contributed by atoms with van der Waals surface area (Å²) in [6.07, 6.45) is 0.994. The van der Waals surface area contributed by atoms with Crippen LogP contribution in [0.4, 0.5) is 4.39 Å². The number of nitrogens with one attached hydrogen (secondary N) is 1. The van der Waals surface area contributed by atoms with Crippen molar-refractivity contribution < 1.29 is 18.7 Å². The van der Waals surface area contributed by atoms with Crippen LogP contribution in [-0.4, -0.2) is 23.6 Å². The van der Waals surface area contributed by atoms with Crippen LogP contribution < -0.4 is 25.8 Å². The maximum atomic E-state index is 14.1. The Morgan fingerprint density at radius 2 is 2.00 bits per heavy atom. The van der Waals surface area contributed by atoms with E-state index in [9.17, 15) is 24.0 Å². The average Bonchev–Trinajstić information content (AvgIpc) is 3.18. The minimum Gasteiger partial charge on any atom is -0.466 e. The lowest BCUT2D eigenvalue weighted by atomic mass is 9.83. The van der Waals surface area contributed by atoms with Crippen molar-refractivity contribution in [2.24, 2.45) is 5.73 Å². The summed E-state index contributed by atoms with van der Waals surface area (Å²) in [6.45, 7) is 0.177. The zero-order valence-corrected chi connectivity index (χ0v) is 19.3. The van der Waals surface area contributed by atoms with Crippen molar-refractivity contribution in [3.63, 3.8) is 0 Å². The third kappa shape index (κ3) is 4.49. The molecule has 3 aromatic rings. The number of aromatic nitrogens is 1. The Labute approximate surface area is 202 Å². The number of benzene rings is 2. The lowest BCUT2D eigenvalue weighted by Gasteiger charge is -2.25. The molecule has 176 valence electrons. The summed E-state index contributed by atoms with van der Waals surface area (Å²) in [6, 6.07) is 16.6. The van der Waals surface area contributed by atoms with E-state index in [1.54, 1.807) is 6.07 Å². The molecule has 2 heterocycles. The van der Waals surface area contributed by atoms with Crippen LogP contribution >= 0.6 is 11.3 Å². The molecule has 0 fully saturated rings. The van der Waals surface area contributed by atoms with Gasteiger partial charge >= 0.3 is 5.97 Å². The van der Waals surface area contributed by atoms with E-state index in [0.717, 1.165) is 27.5 Å². The fourth-order valence-corrected chi connectivity index (χ4v) is 4.96. The molecule has 10 heteroatoms. The van der Waals surface area contributed by atoms with Crippen LogP contribution in [0.3, 0.4) is 0 Å². The summed E-state index contributed by atoms with van der Waals surface area (Å²) < 4.78 is 19.9. The second-order valence-corrected chi connectivity index (χ2v) is 8.59. The van der Waals surface area contributed by atoms with Gasteiger partial charge in [0.1, 0.15) is 20.8 Å². The number of nitrogens with two attached hydrogens (primary N) is 1. The van der Waals surface area contributed by atoms with E-state index < -0.39 is 29.2 Å². The van der Waals surface area contributed by atoms with Crippen LogP contribution in [0.25, 0.3) is 17.5 Å². The zero-order chi connectivity index (χ0) is 25.1. The van der Waals surface area contributed by atoms with Gasteiger partial charge in [0.05, 0.1) is 30.2 Å². The molecule has 1 atom stereocenters. The van der Waals surface area contributed by atoms with Gasteiger partial charge in [0, 0.05) is 12.6 Å². The molecule has 3 N–H and O–H groups in total. The Morgan fingerprint density at radius 1 is 1.26 bits per heavy atom. The molecule has 0 saturated heterocycles. The number of nitrogens with zero attached hydrogens (tertiary/aromatic N) is 2. The Morgan fingerprint density at radius 3 is 2.66 bits per heavy atom. The van der Waals surface area contributed by atoms with E-state index in [-0.39, 0.29) is 32.7 Å². The van der Waals surface area contributed by atoms with Crippen molar-refractivity contribution in [1.29, 1.82) is 5.26 Å². The zero-order valence-electron chi connectivity index (χ0n) is 18.4. The number of thiazole rings is 1. The number of hydrogen-bond acceptors (Lipinski definition) is 7. The van der Waals surface area contributed by atoms with Crippen LogP contribution in [0.1, 0.15) is 17.0 Å². The standard InChI is InChI=1S/C25H19FN4O4S/c1-34-19(31)11-18-24(33)30-22(28)17(12-27)20(15-8-5-9-16(26)10-15)21(25(30)35-18)23(32)29-13-14-6-3-2-4-7-14/h2-11,20H,13,28H2,1H3,(H,29,32). The molecule has 1 unspecified atom stereocenters. The number of carbonyl (C=O) groups excluding carboxylic acids is 2. The first-order valence-electron chi connectivity index (χ1n) is 10.4. The Kier molecular flexibility index (Phi) is 6.62. The smallest absolute Gasteiger partial charge is 0.332 e. The first kappa shape index (κ1) is 23.7. The summed E-state index contributed by atoms with van der Waals surface area (Å²) in [5.41, 5.74) is 6.67. The van der Waals surface area contributed by atoms with E-state index >= 15 is 0 Å². The molecule has 4 rings (SSSR count). The third-order valence-electron chi connectivity index (χ3n) is 5.44. The molecule has 35 heavy (non-hydrogen) atoms. The number of halogens is 1. The molecule has 0 aliphatic carbocycles. The van der Waals surface area contributed by atoms with Crippen molar-refractivity contribution in [3.05, 3.63) is 96.7 Å².